The molecule has 128 valence electrons. The van der Waals surface area contributed by atoms with Crippen molar-refractivity contribution in [1.82, 2.24) is 5.32 Å². The minimum absolute atomic E-state index is 0.0197. The zero-order chi connectivity index (χ0) is 17.6. The minimum atomic E-state index is -1.03. The molecule has 1 amide bonds. The van der Waals surface area contributed by atoms with Gasteiger partial charge in [-0.15, -0.1) is 0 Å². The van der Waals surface area contributed by atoms with Crippen LogP contribution < -0.4 is 5.32 Å². The number of carbonyl (C=O) groups excluding carboxylic acids is 2. The number of nitrogens with one attached hydrogen (secondary N) is 1. The van der Waals surface area contributed by atoms with Crippen molar-refractivity contribution in [1.29, 1.82) is 0 Å². The van der Waals surface area contributed by atoms with E-state index in [0.717, 1.165) is 0 Å². The number of ether oxygens (including phenoxy) is 2. The van der Waals surface area contributed by atoms with Crippen molar-refractivity contribution in [3.8, 4) is 0 Å². The molecule has 0 aromatic heterocycles. The Hall–Kier alpha value is -1.38. The Kier molecular flexibility index (Phi) is 7.24. The van der Waals surface area contributed by atoms with Crippen LogP contribution in [0, 0.1) is 5.82 Å². The van der Waals surface area contributed by atoms with Crippen LogP contribution >= 0.6 is 22.6 Å². The number of hydrogen-bond donors (Lipinski definition) is 1. The molecule has 0 spiro atoms. The van der Waals surface area contributed by atoms with Crippen LogP contribution in [0.4, 0.5) is 9.18 Å². The highest BCUT2D eigenvalue weighted by molar-refractivity contribution is 14.1. The van der Waals surface area contributed by atoms with E-state index in [0.29, 0.717) is 5.56 Å². The molecule has 1 rings (SSSR count). The highest BCUT2D eigenvalue weighted by Crippen LogP contribution is 2.13. The van der Waals surface area contributed by atoms with Crippen LogP contribution in [-0.4, -0.2) is 27.8 Å². The zero-order valence-corrected chi connectivity index (χ0v) is 15.7. The molecular weight excluding hydrogens is 416 g/mol. The van der Waals surface area contributed by atoms with Gasteiger partial charge in [-0.1, -0.05) is 18.2 Å². The Balaban J connectivity index is 2.87. The first-order valence-electron chi connectivity index (χ1n) is 7.16. The predicted molar refractivity (Wildman–Crippen MR) is 92.8 cm³/mol. The third kappa shape index (κ3) is 7.62. The average Bonchev–Trinajstić information content (AvgIpc) is 2.37. The number of amides is 1. The predicted octanol–water partition coefficient (Wildman–Crippen LogP) is 3.59. The van der Waals surface area contributed by atoms with Crippen molar-refractivity contribution in [2.24, 2.45) is 0 Å². The van der Waals surface area contributed by atoms with E-state index in [2.05, 4.69) is 5.32 Å². The van der Waals surface area contributed by atoms with Gasteiger partial charge >= 0.3 is 12.1 Å². The lowest BCUT2D eigenvalue weighted by atomic mass is 10.1. The standard InChI is InChI=1S/C16H21FINO4/c1-10(18)22-14(20)13(19-15(21)23-16(2,3)4)9-11-7-5-6-8-12(11)17/h5-8,10,13H,9H2,1-4H3,(H,19,21)/t10?,13-/m1/s1. The lowest BCUT2D eigenvalue weighted by Gasteiger charge is -2.23. The van der Waals surface area contributed by atoms with Gasteiger partial charge in [0.05, 0.1) is 0 Å². The van der Waals surface area contributed by atoms with Crippen LogP contribution in [0.3, 0.4) is 0 Å². The molecule has 1 unspecified atom stereocenters. The molecular formula is C16H21FINO4. The summed E-state index contributed by atoms with van der Waals surface area (Å²) in [7, 11) is 0. The Morgan fingerprint density at radius 2 is 1.91 bits per heavy atom. The molecule has 5 nitrogen and oxygen atoms in total. The smallest absolute Gasteiger partial charge is 0.408 e. The largest absolute Gasteiger partial charge is 0.450 e. The second-order valence-electron chi connectivity index (χ2n) is 5.97. The molecule has 0 heterocycles. The Labute approximate surface area is 149 Å². The third-order valence-corrected chi connectivity index (χ3v) is 2.89. The molecule has 0 aliphatic heterocycles. The van der Waals surface area contributed by atoms with E-state index >= 15 is 0 Å². The van der Waals surface area contributed by atoms with Gasteiger partial charge in [0.25, 0.3) is 0 Å². The fourth-order valence-electron chi connectivity index (χ4n) is 1.77. The van der Waals surface area contributed by atoms with E-state index < -0.39 is 29.5 Å². The van der Waals surface area contributed by atoms with Gasteiger partial charge in [-0.2, -0.15) is 0 Å². The summed E-state index contributed by atoms with van der Waals surface area (Å²) in [5.74, 6) is -1.08. The Morgan fingerprint density at radius 3 is 2.43 bits per heavy atom. The number of hydrogen-bond acceptors (Lipinski definition) is 4. The van der Waals surface area contributed by atoms with E-state index in [1.165, 1.54) is 6.07 Å². The van der Waals surface area contributed by atoms with Crippen LogP contribution in [0.15, 0.2) is 24.3 Å². The zero-order valence-electron chi connectivity index (χ0n) is 13.6. The lowest BCUT2D eigenvalue weighted by molar-refractivity contribution is -0.146. The molecule has 1 N–H and O–H groups in total. The topological polar surface area (TPSA) is 64.6 Å². The van der Waals surface area contributed by atoms with Crippen LogP contribution in [-0.2, 0) is 20.7 Å². The van der Waals surface area contributed by atoms with Gasteiger partial charge in [0.1, 0.15) is 21.6 Å². The molecule has 23 heavy (non-hydrogen) atoms. The Morgan fingerprint density at radius 1 is 1.30 bits per heavy atom. The fourth-order valence-corrected chi connectivity index (χ4v) is 2.02. The normalized spacial score (nSPS) is 13.8. The molecule has 7 heteroatoms. The van der Waals surface area contributed by atoms with Crippen molar-refractivity contribution in [3.05, 3.63) is 35.6 Å². The summed E-state index contributed by atoms with van der Waals surface area (Å²) in [6, 6.07) is 5.04. The number of halogens is 2. The molecule has 0 aliphatic carbocycles. The van der Waals surface area contributed by atoms with Gasteiger partial charge in [0, 0.05) is 6.42 Å². The van der Waals surface area contributed by atoms with Crippen LogP contribution in [0.2, 0.25) is 0 Å². The van der Waals surface area contributed by atoms with Gasteiger partial charge < -0.3 is 14.8 Å². The number of alkyl carbamates (subject to hydrolysis) is 1. The summed E-state index contributed by atoms with van der Waals surface area (Å²) >= 11 is 1.92. The second kappa shape index (κ2) is 8.47. The van der Waals surface area contributed by atoms with Gasteiger partial charge in [-0.05, 0) is 61.9 Å². The highest BCUT2D eigenvalue weighted by atomic mass is 127. The monoisotopic (exact) mass is 437 g/mol. The molecule has 0 saturated carbocycles. The van der Waals surface area contributed by atoms with Gasteiger partial charge in [0.2, 0.25) is 0 Å². The number of esters is 1. The lowest BCUT2D eigenvalue weighted by Crippen LogP contribution is -2.46. The first-order chi connectivity index (χ1) is 10.6. The summed E-state index contributed by atoms with van der Waals surface area (Å²) < 4.78 is 23.7. The number of benzene rings is 1. The summed E-state index contributed by atoms with van der Waals surface area (Å²) in [6.07, 6.45) is -0.773. The summed E-state index contributed by atoms with van der Waals surface area (Å²) in [5, 5.41) is 2.45. The fraction of sp³-hybridized carbons (Fsp3) is 0.500. The van der Waals surface area contributed by atoms with E-state index in [9.17, 15) is 14.0 Å². The maximum atomic E-state index is 13.8. The van der Waals surface area contributed by atoms with Gasteiger partial charge in [-0.25, -0.2) is 14.0 Å². The van der Waals surface area contributed by atoms with Crippen LogP contribution in [0.1, 0.15) is 33.3 Å². The second-order valence-corrected chi connectivity index (χ2v) is 7.73. The molecule has 0 aliphatic rings. The maximum absolute atomic E-state index is 13.8. The van der Waals surface area contributed by atoms with Crippen molar-refractivity contribution >= 4 is 34.7 Å². The highest BCUT2D eigenvalue weighted by Gasteiger charge is 2.27. The van der Waals surface area contributed by atoms with E-state index in [1.54, 1.807) is 45.9 Å². The average molecular weight is 437 g/mol. The Bertz CT molecular complexity index is 557. The minimum Gasteiger partial charge on any atom is -0.450 e. The molecule has 1 aromatic carbocycles. The van der Waals surface area contributed by atoms with Gasteiger partial charge in [0.15, 0.2) is 0 Å². The van der Waals surface area contributed by atoms with Crippen molar-refractivity contribution in [2.45, 2.75) is 49.9 Å². The summed E-state index contributed by atoms with van der Waals surface area (Å²) in [4.78, 5) is 24.0. The van der Waals surface area contributed by atoms with Crippen molar-refractivity contribution in [2.75, 3.05) is 0 Å². The molecule has 0 radical (unpaired) electrons. The van der Waals surface area contributed by atoms with Crippen LogP contribution in [0.5, 0.6) is 0 Å². The van der Waals surface area contributed by atoms with Gasteiger partial charge in [-0.3, -0.25) is 0 Å². The molecule has 2 atom stereocenters. The number of rotatable bonds is 5. The van der Waals surface area contributed by atoms with Crippen LogP contribution in [0.25, 0.3) is 0 Å². The first-order valence-corrected chi connectivity index (χ1v) is 8.40. The SMILES string of the molecule is CC(I)OC(=O)[C@@H](Cc1ccccc1F)NC(=O)OC(C)(C)C. The van der Waals surface area contributed by atoms with E-state index in [4.69, 9.17) is 9.47 Å². The number of alkyl halides is 1. The maximum Gasteiger partial charge on any atom is 0.408 e. The van der Waals surface area contributed by atoms with E-state index in [-0.39, 0.29) is 10.5 Å². The van der Waals surface area contributed by atoms with E-state index in [1.807, 2.05) is 22.6 Å². The third-order valence-electron chi connectivity index (χ3n) is 2.64. The molecule has 0 saturated heterocycles. The summed E-state index contributed by atoms with van der Waals surface area (Å²) in [5.41, 5.74) is -0.390. The molecule has 1 aromatic rings. The quantitative estimate of drug-likeness (QED) is 0.435. The van der Waals surface area contributed by atoms with Crippen molar-refractivity contribution < 1.29 is 23.5 Å². The number of carbonyl (C=O) groups is 2. The summed E-state index contributed by atoms with van der Waals surface area (Å²) in [6.45, 7) is 6.82. The van der Waals surface area contributed by atoms with Crippen molar-refractivity contribution in [3.63, 3.8) is 0 Å². The molecule has 0 bridgehead atoms. The molecule has 0 fully saturated rings. The first kappa shape index (κ1) is 19.7.